The Kier molecular flexibility index (Phi) is 7.33. The molecule has 0 aliphatic carbocycles. The Morgan fingerprint density at radius 1 is 0.774 bits per heavy atom. The quantitative estimate of drug-likeness (QED) is 0.401. The summed E-state index contributed by atoms with van der Waals surface area (Å²) in [6.45, 7) is 3.86. The number of hydrogen-bond acceptors (Lipinski definition) is 4. The zero-order valence-corrected chi connectivity index (χ0v) is 17.7. The van der Waals surface area contributed by atoms with Crippen LogP contribution in [0, 0.1) is 0 Å². The number of ketones is 1. The molecule has 1 amide bonds. The molecule has 0 saturated heterocycles. The fourth-order valence-electron chi connectivity index (χ4n) is 3.23. The van der Waals surface area contributed by atoms with Gasteiger partial charge < -0.3 is 9.64 Å². The monoisotopic (exact) mass is 415 g/mol. The van der Waals surface area contributed by atoms with Crippen LogP contribution in [0.2, 0.25) is 0 Å². The first kappa shape index (κ1) is 22.0. The molecule has 31 heavy (non-hydrogen) atoms. The third kappa shape index (κ3) is 5.66. The average Bonchev–Trinajstić information content (AvgIpc) is 2.81. The molecule has 3 rings (SSSR count). The predicted octanol–water partition coefficient (Wildman–Crippen LogP) is 4.51. The van der Waals surface area contributed by atoms with Crippen LogP contribution in [0.25, 0.3) is 0 Å². The van der Waals surface area contributed by atoms with Crippen molar-refractivity contribution in [3.8, 4) is 0 Å². The van der Waals surface area contributed by atoms with Crippen LogP contribution in [0.3, 0.4) is 0 Å². The molecule has 0 unspecified atom stereocenters. The first-order chi connectivity index (χ1) is 15.0. The largest absolute Gasteiger partial charge is 0.452 e. The van der Waals surface area contributed by atoms with Crippen molar-refractivity contribution in [2.45, 2.75) is 26.4 Å². The van der Waals surface area contributed by atoms with Crippen molar-refractivity contribution in [2.75, 3.05) is 6.61 Å². The van der Waals surface area contributed by atoms with Crippen molar-refractivity contribution in [3.63, 3.8) is 0 Å². The second kappa shape index (κ2) is 10.3. The Bertz CT molecular complexity index is 1050. The lowest BCUT2D eigenvalue weighted by Crippen LogP contribution is -2.39. The zero-order valence-electron chi connectivity index (χ0n) is 17.7. The van der Waals surface area contributed by atoms with Gasteiger partial charge in [0.2, 0.25) is 0 Å². The van der Waals surface area contributed by atoms with E-state index in [0.717, 1.165) is 5.56 Å². The van der Waals surface area contributed by atoms with Crippen molar-refractivity contribution < 1.29 is 19.1 Å². The second-order valence-corrected chi connectivity index (χ2v) is 7.42. The number of hydrogen-bond donors (Lipinski definition) is 0. The normalized spacial score (nSPS) is 10.5. The molecule has 0 spiro atoms. The smallest absolute Gasteiger partial charge is 0.339 e. The van der Waals surface area contributed by atoms with E-state index in [9.17, 15) is 14.4 Å². The van der Waals surface area contributed by atoms with Crippen molar-refractivity contribution in [1.29, 1.82) is 0 Å². The predicted molar refractivity (Wildman–Crippen MR) is 119 cm³/mol. The lowest BCUT2D eigenvalue weighted by Gasteiger charge is -2.26. The van der Waals surface area contributed by atoms with E-state index in [1.807, 2.05) is 50.2 Å². The van der Waals surface area contributed by atoms with Crippen LogP contribution >= 0.6 is 0 Å². The molecule has 0 aromatic heterocycles. The summed E-state index contributed by atoms with van der Waals surface area (Å²) in [4.78, 5) is 39.9. The van der Waals surface area contributed by atoms with Gasteiger partial charge in [-0.1, -0.05) is 78.9 Å². The molecular weight excluding hydrogens is 390 g/mol. The van der Waals surface area contributed by atoms with Gasteiger partial charge in [-0.2, -0.15) is 0 Å². The van der Waals surface area contributed by atoms with Crippen LogP contribution in [-0.4, -0.2) is 35.2 Å². The summed E-state index contributed by atoms with van der Waals surface area (Å²) in [5, 5.41) is 0. The Balaban J connectivity index is 1.70. The van der Waals surface area contributed by atoms with Gasteiger partial charge in [0.05, 0.1) is 5.56 Å². The van der Waals surface area contributed by atoms with E-state index in [4.69, 9.17) is 4.74 Å². The molecule has 3 aromatic rings. The second-order valence-electron chi connectivity index (χ2n) is 7.42. The summed E-state index contributed by atoms with van der Waals surface area (Å²) >= 11 is 0. The van der Waals surface area contributed by atoms with Gasteiger partial charge in [0.15, 0.2) is 12.4 Å². The molecular formula is C26H25NO4. The maximum atomic E-state index is 12.8. The van der Waals surface area contributed by atoms with E-state index < -0.39 is 12.6 Å². The number of esters is 1. The zero-order chi connectivity index (χ0) is 22.2. The highest BCUT2D eigenvalue weighted by molar-refractivity contribution is 6.14. The number of amides is 1. The van der Waals surface area contributed by atoms with Crippen molar-refractivity contribution in [2.24, 2.45) is 0 Å². The van der Waals surface area contributed by atoms with Crippen molar-refractivity contribution in [1.82, 2.24) is 4.90 Å². The third-order valence-corrected chi connectivity index (χ3v) is 4.89. The van der Waals surface area contributed by atoms with Crippen molar-refractivity contribution in [3.05, 3.63) is 107 Å². The number of ether oxygens (including phenoxy) is 1. The van der Waals surface area contributed by atoms with Crippen LogP contribution in [-0.2, 0) is 16.1 Å². The Hall–Kier alpha value is -3.73. The first-order valence-corrected chi connectivity index (χ1v) is 10.2. The van der Waals surface area contributed by atoms with Crippen molar-refractivity contribution >= 4 is 17.7 Å². The average molecular weight is 415 g/mol. The van der Waals surface area contributed by atoms with Gasteiger partial charge >= 0.3 is 5.97 Å². The first-order valence-electron chi connectivity index (χ1n) is 10.2. The van der Waals surface area contributed by atoms with E-state index in [0.29, 0.717) is 12.1 Å². The highest BCUT2D eigenvalue weighted by atomic mass is 16.5. The molecule has 0 aliphatic rings. The van der Waals surface area contributed by atoms with E-state index in [1.54, 1.807) is 47.4 Å². The molecule has 5 nitrogen and oxygen atoms in total. The SMILES string of the molecule is CC(C)N(Cc1ccccc1)C(=O)COC(=O)c1ccccc1C(=O)c1ccccc1. The molecule has 0 saturated carbocycles. The number of carbonyl (C=O) groups excluding carboxylic acids is 3. The van der Waals surface area contributed by atoms with Gasteiger partial charge in [-0.05, 0) is 25.5 Å². The maximum absolute atomic E-state index is 12.8. The minimum atomic E-state index is -0.698. The molecule has 0 N–H and O–H groups in total. The molecule has 0 fully saturated rings. The molecule has 0 bridgehead atoms. The fraction of sp³-hybridized carbons (Fsp3) is 0.192. The van der Waals surface area contributed by atoms with E-state index in [2.05, 4.69) is 0 Å². The maximum Gasteiger partial charge on any atom is 0.339 e. The van der Waals surface area contributed by atoms with Crippen LogP contribution in [0.15, 0.2) is 84.9 Å². The third-order valence-electron chi connectivity index (χ3n) is 4.89. The number of nitrogens with zero attached hydrogens (tertiary/aromatic N) is 1. The summed E-state index contributed by atoms with van der Waals surface area (Å²) in [5.74, 6) is -1.26. The van der Waals surface area contributed by atoms with E-state index >= 15 is 0 Å². The van der Waals surface area contributed by atoms with Crippen LogP contribution in [0.4, 0.5) is 0 Å². The highest BCUT2D eigenvalue weighted by Crippen LogP contribution is 2.16. The topological polar surface area (TPSA) is 63.7 Å². The van der Waals surface area contributed by atoms with Crippen LogP contribution in [0.1, 0.15) is 45.7 Å². The standard InChI is InChI=1S/C26H25NO4/c1-19(2)27(17-20-11-5-3-6-12-20)24(28)18-31-26(30)23-16-10-9-15-22(23)25(29)21-13-7-4-8-14-21/h3-16,19H,17-18H2,1-2H3. The fourth-order valence-corrected chi connectivity index (χ4v) is 3.23. The van der Waals surface area contributed by atoms with Gasteiger partial charge in [-0.15, -0.1) is 0 Å². The summed E-state index contributed by atoms with van der Waals surface area (Å²) in [6, 6.07) is 24.8. The lowest BCUT2D eigenvalue weighted by molar-refractivity contribution is -0.136. The van der Waals surface area contributed by atoms with E-state index in [-0.39, 0.29) is 28.9 Å². The van der Waals surface area contributed by atoms with E-state index in [1.165, 1.54) is 6.07 Å². The number of rotatable bonds is 8. The molecule has 3 aromatic carbocycles. The van der Waals surface area contributed by atoms with Crippen LogP contribution < -0.4 is 0 Å². The molecule has 0 atom stereocenters. The molecule has 5 heteroatoms. The van der Waals surface area contributed by atoms with Gasteiger partial charge in [-0.3, -0.25) is 9.59 Å². The highest BCUT2D eigenvalue weighted by Gasteiger charge is 2.22. The summed E-state index contributed by atoms with van der Waals surface area (Å²) < 4.78 is 5.30. The molecule has 0 heterocycles. The van der Waals surface area contributed by atoms with Gasteiger partial charge in [0.1, 0.15) is 0 Å². The number of benzene rings is 3. The molecule has 0 aliphatic heterocycles. The van der Waals surface area contributed by atoms with Gasteiger partial charge in [-0.25, -0.2) is 4.79 Å². The lowest BCUT2D eigenvalue weighted by atomic mass is 9.98. The van der Waals surface area contributed by atoms with Gasteiger partial charge in [0, 0.05) is 23.7 Å². The Morgan fingerprint density at radius 2 is 1.32 bits per heavy atom. The Morgan fingerprint density at radius 3 is 1.94 bits per heavy atom. The summed E-state index contributed by atoms with van der Waals surface area (Å²) in [7, 11) is 0. The Labute approximate surface area is 182 Å². The minimum Gasteiger partial charge on any atom is -0.452 e. The van der Waals surface area contributed by atoms with Crippen LogP contribution in [0.5, 0.6) is 0 Å². The number of carbonyl (C=O) groups is 3. The minimum absolute atomic E-state index is 0.0571. The molecule has 158 valence electrons. The molecule has 0 radical (unpaired) electrons. The summed E-state index contributed by atoms with van der Waals surface area (Å²) in [5.41, 5.74) is 1.86. The van der Waals surface area contributed by atoms with Gasteiger partial charge in [0.25, 0.3) is 5.91 Å². The summed E-state index contributed by atoms with van der Waals surface area (Å²) in [6.07, 6.45) is 0.